The minimum atomic E-state index is -0.240. The number of benzene rings is 1. The highest BCUT2D eigenvalue weighted by Gasteiger charge is 2.31. The highest BCUT2D eigenvalue weighted by atomic mass is 16.3. The lowest BCUT2D eigenvalue weighted by Crippen LogP contribution is -2.39. The summed E-state index contributed by atoms with van der Waals surface area (Å²) < 4.78 is 3.71. The Kier molecular flexibility index (Phi) is 5.61. The number of carbonyl (C=O) groups excluding carboxylic acids is 1. The number of aromatic nitrogens is 3. The molecule has 3 aromatic rings. The predicted molar refractivity (Wildman–Crippen MR) is 115 cm³/mol. The van der Waals surface area contributed by atoms with Gasteiger partial charge in [0.25, 0.3) is 5.56 Å². The van der Waals surface area contributed by atoms with Gasteiger partial charge in [-0.1, -0.05) is 12.1 Å². The molecule has 1 aliphatic heterocycles. The van der Waals surface area contributed by atoms with E-state index in [0.717, 1.165) is 42.7 Å². The van der Waals surface area contributed by atoms with Crippen LogP contribution in [-0.2, 0) is 18.4 Å². The Hall–Kier alpha value is -3.09. The number of piperidine rings is 1. The second-order valence-electron chi connectivity index (χ2n) is 8.06. The standard InChI is InChI=1S/C23H28N4O3/c1-16-14-17(28)15-22(30)26(16)13-7-11-21(29)27-12-6-5-10-20(27)23-24-18-8-3-4-9-19(18)25(23)2/h3-4,8-9,14-15,20,28H,5-7,10-13H2,1-2H3/t20-/m1/s1. The maximum absolute atomic E-state index is 13.1. The Labute approximate surface area is 175 Å². The summed E-state index contributed by atoms with van der Waals surface area (Å²) in [6.07, 6.45) is 3.96. The van der Waals surface area contributed by atoms with Crippen molar-refractivity contribution in [2.75, 3.05) is 6.54 Å². The summed E-state index contributed by atoms with van der Waals surface area (Å²) in [5, 5.41) is 9.53. The molecule has 1 amide bonds. The maximum Gasteiger partial charge on any atom is 0.254 e. The maximum atomic E-state index is 13.1. The first-order chi connectivity index (χ1) is 14.5. The number of aromatic hydroxyl groups is 1. The molecule has 0 bridgehead atoms. The van der Waals surface area contributed by atoms with Crippen LogP contribution in [0.5, 0.6) is 5.75 Å². The third-order valence-corrected chi connectivity index (χ3v) is 6.04. The number of pyridine rings is 1. The molecule has 2 aromatic heterocycles. The zero-order valence-corrected chi connectivity index (χ0v) is 17.5. The van der Waals surface area contributed by atoms with Crippen LogP contribution in [-0.4, -0.2) is 36.6 Å². The monoisotopic (exact) mass is 408 g/mol. The number of likely N-dealkylation sites (tertiary alicyclic amines) is 1. The Morgan fingerprint density at radius 1 is 1.23 bits per heavy atom. The third-order valence-electron chi connectivity index (χ3n) is 6.04. The summed E-state index contributed by atoms with van der Waals surface area (Å²) in [5.74, 6) is 1.02. The molecule has 3 heterocycles. The molecule has 0 radical (unpaired) electrons. The second kappa shape index (κ2) is 8.34. The number of carbonyl (C=O) groups is 1. The van der Waals surface area contributed by atoms with Crippen LogP contribution in [0.1, 0.15) is 49.7 Å². The predicted octanol–water partition coefficient (Wildman–Crippen LogP) is 3.28. The van der Waals surface area contributed by atoms with Gasteiger partial charge in [0.2, 0.25) is 5.91 Å². The van der Waals surface area contributed by atoms with Crippen molar-refractivity contribution in [3.8, 4) is 5.75 Å². The Morgan fingerprint density at radius 3 is 2.80 bits per heavy atom. The highest BCUT2D eigenvalue weighted by molar-refractivity contribution is 5.78. The smallest absolute Gasteiger partial charge is 0.254 e. The molecule has 0 aliphatic carbocycles. The normalized spacial score (nSPS) is 16.9. The van der Waals surface area contributed by atoms with Gasteiger partial charge >= 0.3 is 0 Å². The van der Waals surface area contributed by atoms with Crippen LogP contribution in [0.3, 0.4) is 0 Å². The summed E-state index contributed by atoms with van der Waals surface area (Å²) >= 11 is 0. The molecule has 4 rings (SSSR count). The van der Waals surface area contributed by atoms with E-state index in [4.69, 9.17) is 4.98 Å². The van der Waals surface area contributed by atoms with Gasteiger partial charge in [-0.3, -0.25) is 9.59 Å². The van der Waals surface area contributed by atoms with E-state index in [0.29, 0.717) is 25.1 Å². The fraction of sp³-hybridized carbons (Fsp3) is 0.435. The van der Waals surface area contributed by atoms with Gasteiger partial charge in [0.05, 0.1) is 17.1 Å². The first-order valence-electron chi connectivity index (χ1n) is 10.6. The van der Waals surface area contributed by atoms with Crippen molar-refractivity contribution in [3.63, 3.8) is 0 Å². The average Bonchev–Trinajstić information content (AvgIpc) is 3.06. The molecule has 158 valence electrons. The molecule has 0 spiro atoms. The first kappa shape index (κ1) is 20.2. The zero-order valence-electron chi connectivity index (χ0n) is 17.5. The largest absolute Gasteiger partial charge is 0.508 e. The SMILES string of the molecule is Cc1cc(O)cc(=O)n1CCCC(=O)N1CCCC[C@@H]1c1nc2ccccc2n1C. The van der Waals surface area contributed by atoms with Gasteiger partial charge in [-0.15, -0.1) is 0 Å². The molecule has 0 saturated carbocycles. The van der Waals surface area contributed by atoms with E-state index in [9.17, 15) is 14.7 Å². The van der Waals surface area contributed by atoms with Crippen LogP contribution in [0, 0.1) is 6.92 Å². The van der Waals surface area contributed by atoms with Crippen LogP contribution in [0.4, 0.5) is 0 Å². The minimum Gasteiger partial charge on any atom is -0.508 e. The van der Waals surface area contributed by atoms with E-state index in [1.54, 1.807) is 17.6 Å². The molecule has 1 atom stereocenters. The van der Waals surface area contributed by atoms with Crippen LogP contribution >= 0.6 is 0 Å². The van der Waals surface area contributed by atoms with Crippen molar-refractivity contribution in [3.05, 3.63) is 58.3 Å². The fourth-order valence-electron chi connectivity index (χ4n) is 4.49. The van der Waals surface area contributed by atoms with E-state index in [-0.39, 0.29) is 23.3 Å². The number of para-hydroxylation sites is 2. The summed E-state index contributed by atoms with van der Waals surface area (Å²) in [6, 6.07) is 10.8. The van der Waals surface area contributed by atoms with Crippen molar-refractivity contribution in [2.24, 2.45) is 7.05 Å². The Morgan fingerprint density at radius 2 is 2.03 bits per heavy atom. The minimum absolute atomic E-state index is 0.0122. The molecular formula is C23H28N4O3. The fourth-order valence-corrected chi connectivity index (χ4v) is 4.49. The molecule has 0 unspecified atom stereocenters. The molecule has 1 N–H and O–H groups in total. The van der Waals surface area contributed by atoms with Gasteiger partial charge in [0.1, 0.15) is 11.6 Å². The van der Waals surface area contributed by atoms with Crippen LogP contribution < -0.4 is 5.56 Å². The number of imidazole rings is 1. The van der Waals surface area contributed by atoms with Crippen LogP contribution in [0.2, 0.25) is 0 Å². The molecule has 7 nitrogen and oxygen atoms in total. The van der Waals surface area contributed by atoms with E-state index in [1.165, 1.54) is 6.07 Å². The van der Waals surface area contributed by atoms with Gasteiger partial charge in [-0.25, -0.2) is 4.98 Å². The van der Waals surface area contributed by atoms with Gasteiger partial charge in [0.15, 0.2) is 0 Å². The van der Waals surface area contributed by atoms with Crippen molar-refractivity contribution in [1.82, 2.24) is 19.0 Å². The highest BCUT2D eigenvalue weighted by Crippen LogP contribution is 2.32. The average molecular weight is 409 g/mol. The third kappa shape index (κ3) is 3.84. The number of hydrogen-bond donors (Lipinski definition) is 1. The molecule has 1 aromatic carbocycles. The summed E-state index contributed by atoms with van der Waals surface area (Å²) in [5.41, 5.74) is 2.49. The number of fused-ring (bicyclic) bond motifs is 1. The summed E-state index contributed by atoms with van der Waals surface area (Å²) in [6.45, 7) is 2.99. The quantitative estimate of drug-likeness (QED) is 0.703. The van der Waals surface area contributed by atoms with Crippen LogP contribution in [0.25, 0.3) is 11.0 Å². The lowest BCUT2D eigenvalue weighted by molar-refractivity contribution is -0.135. The van der Waals surface area contributed by atoms with Gasteiger partial charge in [-0.2, -0.15) is 0 Å². The molecule has 30 heavy (non-hydrogen) atoms. The number of amides is 1. The van der Waals surface area contributed by atoms with Gasteiger partial charge in [-0.05, 0) is 50.8 Å². The van der Waals surface area contributed by atoms with Crippen molar-refractivity contribution >= 4 is 16.9 Å². The molecule has 1 aliphatic rings. The van der Waals surface area contributed by atoms with Gasteiger partial charge < -0.3 is 19.1 Å². The lowest BCUT2D eigenvalue weighted by atomic mass is 10.0. The first-order valence-corrected chi connectivity index (χ1v) is 10.6. The van der Waals surface area contributed by atoms with Crippen LogP contribution in [0.15, 0.2) is 41.2 Å². The number of aryl methyl sites for hydroxylation is 2. The molecule has 1 fully saturated rings. The van der Waals surface area contributed by atoms with E-state index in [2.05, 4.69) is 10.6 Å². The topological polar surface area (TPSA) is 80.4 Å². The number of hydrogen-bond acceptors (Lipinski definition) is 4. The molecule has 7 heteroatoms. The van der Waals surface area contributed by atoms with Crippen molar-refractivity contribution in [1.29, 1.82) is 0 Å². The van der Waals surface area contributed by atoms with E-state index in [1.807, 2.05) is 30.1 Å². The van der Waals surface area contributed by atoms with Crippen molar-refractivity contribution < 1.29 is 9.90 Å². The zero-order chi connectivity index (χ0) is 21.3. The Bertz CT molecular complexity index is 1130. The number of nitrogens with zero attached hydrogens (tertiary/aromatic N) is 4. The summed E-state index contributed by atoms with van der Waals surface area (Å²) in [7, 11) is 2.02. The van der Waals surface area contributed by atoms with E-state index < -0.39 is 0 Å². The van der Waals surface area contributed by atoms with Crippen molar-refractivity contribution in [2.45, 2.75) is 51.6 Å². The summed E-state index contributed by atoms with van der Waals surface area (Å²) in [4.78, 5) is 32.0. The van der Waals surface area contributed by atoms with E-state index >= 15 is 0 Å². The molecular weight excluding hydrogens is 380 g/mol. The van der Waals surface area contributed by atoms with Gasteiger partial charge in [0, 0.05) is 38.3 Å². The molecule has 1 saturated heterocycles. The lowest BCUT2D eigenvalue weighted by Gasteiger charge is -2.35. The number of rotatable bonds is 5. The Balaban J connectivity index is 1.48. The second-order valence-corrected chi connectivity index (χ2v) is 8.06.